The first-order chi connectivity index (χ1) is 10.2. The average molecular weight is 291 g/mol. The molecule has 2 rings (SSSR count). The topological polar surface area (TPSA) is 39.1 Å². The number of hydrogen-bond donors (Lipinski definition) is 1. The van der Waals surface area contributed by atoms with Crippen LogP contribution in [0.3, 0.4) is 0 Å². The van der Waals surface area contributed by atoms with Crippen molar-refractivity contribution in [1.29, 1.82) is 0 Å². The summed E-state index contributed by atoms with van der Waals surface area (Å²) in [5.74, 6) is 0.504. The molecule has 1 aromatic carbocycles. The number of nitrogens with zero attached hydrogens (tertiary/aromatic N) is 2. The predicted molar refractivity (Wildman–Crippen MR) is 80.8 cm³/mol. The van der Waals surface area contributed by atoms with Crippen molar-refractivity contribution in [3.63, 3.8) is 0 Å². The maximum Gasteiger partial charge on any atom is 0.124 e. The third-order valence-electron chi connectivity index (χ3n) is 3.30. The van der Waals surface area contributed by atoms with Crippen LogP contribution in [0.1, 0.15) is 24.6 Å². The highest BCUT2D eigenvalue weighted by Crippen LogP contribution is 2.20. The fourth-order valence-electron chi connectivity index (χ4n) is 2.14. The number of benzene rings is 1. The molecule has 1 heterocycles. The number of nitrogens with one attached hydrogen (secondary N) is 1. The van der Waals surface area contributed by atoms with Crippen LogP contribution in [0.4, 0.5) is 4.39 Å². The Morgan fingerprint density at radius 2 is 2.19 bits per heavy atom. The molecule has 1 aromatic heterocycles. The Morgan fingerprint density at radius 1 is 1.33 bits per heavy atom. The molecule has 1 N–H and O–H groups in total. The Bertz CT molecular complexity index is 568. The van der Waals surface area contributed by atoms with Crippen molar-refractivity contribution in [3.05, 3.63) is 47.5 Å². The molecular formula is C16H22FN3O. The van der Waals surface area contributed by atoms with Gasteiger partial charge in [-0.25, -0.2) is 4.39 Å². The maximum atomic E-state index is 13.4. The minimum Gasteiger partial charge on any atom is -0.493 e. The van der Waals surface area contributed by atoms with Crippen LogP contribution in [-0.2, 0) is 20.0 Å². The summed E-state index contributed by atoms with van der Waals surface area (Å²) >= 11 is 0. The second kappa shape index (κ2) is 7.78. The van der Waals surface area contributed by atoms with Gasteiger partial charge in [0.15, 0.2) is 0 Å². The van der Waals surface area contributed by atoms with Crippen LogP contribution in [0.5, 0.6) is 5.75 Å². The normalized spacial score (nSPS) is 10.8. The smallest absolute Gasteiger partial charge is 0.124 e. The van der Waals surface area contributed by atoms with E-state index >= 15 is 0 Å². The van der Waals surface area contributed by atoms with Crippen molar-refractivity contribution in [3.8, 4) is 5.75 Å². The zero-order chi connectivity index (χ0) is 15.1. The third-order valence-corrected chi connectivity index (χ3v) is 3.30. The molecule has 0 bridgehead atoms. The van der Waals surface area contributed by atoms with Crippen LogP contribution < -0.4 is 10.1 Å². The van der Waals surface area contributed by atoms with Gasteiger partial charge in [-0.15, -0.1) is 0 Å². The summed E-state index contributed by atoms with van der Waals surface area (Å²) in [4.78, 5) is 0. The first-order valence-corrected chi connectivity index (χ1v) is 7.29. The summed E-state index contributed by atoms with van der Waals surface area (Å²) in [6, 6.07) is 6.63. The Morgan fingerprint density at radius 3 is 2.90 bits per heavy atom. The Hall–Kier alpha value is -1.88. The van der Waals surface area contributed by atoms with E-state index in [0.29, 0.717) is 13.2 Å². The summed E-state index contributed by atoms with van der Waals surface area (Å²) in [5, 5.41) is 7.39. The first kappa shape index (κ1) is 15.5. The molecule has 0 aliphatic heterocycles. The highest BCUT2D eigenvalue weighted by Gasteiger charge is 2.06. The van der Waals surface area contributed by atoms with E-state index in [0.717, 1.165) is 36.4 Å². The molecule has 0 aliphatic rings. The van der Waals surface area contributed by atoms with E-state index in [1.807, 2.05) is 17.8 Å². The predicted octanol–water partition coefficient (Wildman–Crippen LogP) is 2.68. The Labute approximate surface area is 124 Å². The fourth-order valence-corrected chi connectivity index (χ4v) is 2.14. The summed E-state index contributed by atoms with van der Waals surface area (Å²) in [6.07, 6.45) is 3.59. The summed E-state index contributed by atoms with van der Waals surface area (Å²) < 4.78 is 21.0. The molecule has 21 heavy (non-hydrogen) atoms. The zero-order valence-corrected chi connectivity index (χ0v) is 12.6. The summed E-state index contributed by atoms with van der Waals surface area (Å²) in [6.45, 7) is 4.17. The highest BCUT2D eigenvalue weighted by atomic mass is 19.1. The lowest BCUT2D eigenvalue weighted by Gasteiger charge is -2.12. The molecule has 5 heteroatoms. The maximum absolute atomic E-state index is 13.4. The number of aryl methyl sites for hydroxylation is 1. The van der Waals surface area contributed by atoms with Gasteiger partial charge >= 0.3 is 0 Å². The first-order valence-electron chi connectivity index (χ1n) is 7.29. The van der Waals surface area contributed by atoms with Crippen LogP contribution in [0.15, 0.2) is 30.5 Å². The molecule has 0 aliphatic carbocycles. The van der Waals surface area contributed by atoms with Gasteiger partial charge in [0, 0.05) is 37.5 Å². The van der Waals surface area contributed by atoms with Gasteiger partial charge in [-0.2, -0.15) is 5.10 Å². The average Bonchev–Trinajstić information content (AvgIpc) is 2.87. The molecular weight excluding hydrogens is 269 g/mol. The molecule has 4 nitrogen and oxygen atoms in total. The van der Waals surface area contributed by atoms with Gasteiger partial charge < -0.3 is 10.1 Å². The van der Waals surface area contributed by atoms with Gasteiger partial charge in [0.2, 0.25) is 0 Å². The molecule has 0 unspecified atom stereocenters. The summed E-state index contributed by atoms with van der Waals surface area (Å²) in [7, 11) is 1.91. The Balaban J connectivity index is 1.93. The van der Waals surface area contributed by atoms with Gasteiger partial charge in [0.1, 0.15) is 11.6 Å². The molecule has 0 atom stereocenters. The van der Waals surface area contributed by atoms with Crippen LogP contribution >= 0.6 is 0 Å². The number of hydrogen-bond acceptors (Lipinski definition) is 3. The van der Waals surface area contributed by atoms with Gasteiger partial charge in [-0.3, -0.25) is 4.68 Å². The second-order valence-electron chi connectivity index (χ2n) is 4.97. The fraction of sp³-hybridized carbons (Fsp3) is 0.438. The molecule has 0 saturated heterocycles. The highest BCUT2D eigenvalue weighted by molar-refractivity contribution is 5.34. The zero-order valence-electron chi connectivity index (χ0n) is 12.6. The minimum absolute atomic E-state index is 0.234. The van der Waals surface area contributed by atoms with E-state index in [1.54, 1.807) is 12.3 Å². The monoisotopic (exact) mass is 291 g/mol. The van der Waals surface area contributed by atoms with E-state index in [1.165, 1.54) is 12.1 Å². The van der Waals surface area contributed by atoms with E-state index < -0.39 is 0 Å². The lowest BCUT2D eigenvalue weighted by molar-refractivity contribution is 0.313. The molecule has 0 saturated carbocycles. The molecule has 0 spiro atoms. The van der Waals surface area contributed by atoms with Crippen molar-refractivity contribution in [2.75, 3.05) is 13.2 Å². The minimum atomic E-state index is -0.234. The van der Waals surface area contributed by atoms with Crippen molar-refractivity contribution in [1.82, 2.24) is 15.1 Å². The number of ether oxygens (including phenoxy) is 1. The van der Waals surface area contributed by atoms with Crippen molar-refractivity contribution < 1.29 is 9.13 Å². The number of aromatic nitrogens is 2. The van der Waals surface area contributed by atoms with Crippen molar-refractivity contribution >= 4 is 0 Å². The quantitative estimate of drug-likeness (QED) is 0.760. The van der Waals surface area contributed by atoms with Gasteiger partial charge in [-0.05, 0) is 37.2 Å². The van der Waals surface area contributed by atoms with E-state index in [4.69, 9.17) is 4.74 Å². The second-order valence-corrected chi connectivity index (χ2v) is 4.97. The number of halogens is 1. The van der Waals surface area contributed by atoms with Gasteiger partial charge in [0.25, 0.3) is 0 Å². The van der Waals surface area contributed by atoms with Crippen LogP contribution in [0.2, 0.25) is 0 Å². The molecule has 0 radical (unpaired) electrons. The standard InChI is InChI=1S/C16H22FN3O/c1-3-8-18-12-13-11-14(17)4-5-16(13)21-10-7-15-6-9-19-20(15)2/h4-6,9,11,18H,3,7-8,10,12H2,1-2H3. The largest absolute Gasteiger partial charge is 0.493 e. The SMILES string of the molecule is CCCNCc1cc(F)ccc1OCCc1ccnn1C. The number of rotatable bonds is 8. The molecule has 114 valence electrons. The van der Waals surface area contributed by atoms with Crippen molar-refractivity contribution in [2.45, 2.75) is 26.3 Å². The molecule has 2 aromatic rings. The van der Waals surface area contributed by atoms with E-state index in [2.05, 4.69) is 17.3 Å². The summed E-state index contributed by atoms with van der Waals surface area (Å²) in [5.41, 5.74) is 1.97. The third kappa shape index (κ3) is 4.56. The van der Waals surface area contributed by atoms with Gasteiger partial charge in [-0.1, -0.05) is 6.92 Å². The van der Waals surface area contributed by atoms with Crippen LogP contribution in [-0.4, -0.2) is 22.9 Å². The lowest BCUT2D eigenvalue weighted by atomic mass is 10.2. The van der Waals surface area contributed by atoms with Crippen LogP contribution in [0.25, 0.3) is 0 Å². The lowest BCUT2D eigenvalue weighted by Crippen LogP contribution is -2.15. The molecule has 0 fully saturated rings. The van der Waals surface area contributed by atoms with Gasteiger partial charge in [0.05, 0.1) is 6.61 Å². The van der Waals surface area contributed by atoms with E-state index in [-0.39, 0.29) is 5.82 Å². The van der Waals surface area contributed by atoms with Crippen molar-refractivity contribution in [2.24, 2.45) is 7.05 Å². The van der Waals surface area contributed by atoms with E-state index in [9.17, 15) is 4.39 Å². The molecule has 0 amide bonds. The Kier molecular flexibility index (Phi) is 5.75. The van der Waals surface area contributed by atoms with Crippen LogP contribution in [0, 0.1) is 5.82 Å².